The molecule has 3 rings (SSSR count). The van der Waals surface area contributed by atoms with Crippen LogP contribution in [0, 0.1) is 6.92 Å². The Morgan fingerprint density at radius 1 is 1.16 bits per heavy atom. The van der Waals surface area contributed by atoms with Gasteiger partial charge in [-0.25, -0.2) is 0 Å². The van der Waals surface area contributed by atoms with Gasteiger partial charge in [-0.15, -0.1) is 10.2 Å². The van der Waals surface area contributed by atoms with Gasteiger partial charge in [-0.2, -0.15) is 4.98 Å². The Bertz CT molecular complexity index is 665. The summed E-state index contributed by atoms with van der Waals surface area (Å²) in [5.41, 5.74) is 0.900. The number of nitrogens with zero attached hydrogens (tertiary/aromatic N) is 4. The molecule has 0 unspecified atom stereocenters. The van der Waals surface area contributed by atoms with Crippen molar-refractivity contribution in [3.8, 4) is 11.5 Å². The van der Waals surface area contributed by atoms with E-state index in [0.29, 0.717) is 28.6 Å². The highest BCUT2D eigenvalue weighted by Gasteiger charge is 2.10. The van der Waals surface area contributed by atoms with E-state index in [0.717, 1.165) is 5.56 Å². The first-order valence-electron chi connectivity index (χ1n) is 5.62. The normalized spacial score (nSPS) is 10.8. The molecule has 1 aromatic carbocycles. The first kappa shape index (κ1) is 11.9. The lowest BCUT2D eigenvalue weighted by atomic mass is 10.2. The average molecular weight is 274 g/mol. The summed E-state index contributed by atoms with van der Waals surface area (Å²) >= 11 is 1.38. The molecule has 0 aliphatic heterocycles. The van der Waals surface area contributed by atoms with E-state index < -0.39 is 0 Å². The molecule has 6 nitrogen and oxygen atoms in total. The van der Waals surface area contributed by atoms with Crippen LogP contribution >= 0.6 is 11.8 Å². The van der Waals surface area contributed by atoms with Gasteiger partial charge in [0.1, 0.15) is 0 Å². The molecule has 0 radical (unpaired) electrons. The van der Waals surface area contributed by atoms with E-state index in [1.54, 1.807) is 6.92 Å². The summed E-state index contributed by atoms with van der Waals surface area (Å²) in [6.07, 6.45) is 0. The lowest BCUT2D eigenvalue weighted by Gasteiger charge is -1.92. The predicted molar refractivity (Wildman–Crippen MR) is 68.3 cm³/mol. The van der Waals surface area contributed by atoms with Crippen LogP contribution in [0.3, 0.4) is 0 Å². The number of hydrogen-bond donors (Lipinski definition) is 0. The third kappa shape index (κ3) is 2.82. The number of aryl methyl sites for hydroxylation is 1. The van der Waals surface area contributed by atoms with Crippen molar-refractivity contribution in [2.75, 3.05) is 0 Å². The Morgan fingerprint density at radius 2 is 2.00 bits per heavy atom. The second-order valence-electron chi connectivity index (χ2n) is 3.76. The van der Waals surface area contributed by atoms with Gasteiger partial charge in [0, 0.05) is 12.5 Å². The van der Waals surface area contributed by atoms with Crippen LogP contribution < -0.4 is 0 Å². The maximum Gasteiger partial charge on any atom is 0.277 e. The van der Waals surface area contributed by atoms with Gasteiger partial charge < -0.3 is 8.94 Å². The minimum Gasteiger partial charge on any atom is -0.411 e. The van der Waals surface area contributed by atoms with Crippen molar-refractivity contribution >= 4 is 11.8 Å². The molecule has 2 aromatic heterocycles. The van der Waals surface area contributed by atoms with Crippen molar-refractivity contribution in [2.45, 2.75) is 17.9 Å². The Balaban J connectivity index is 1.68. The zero-order valence-electron chi connectivity index (χ0n) is 10.1. The number of rotatable bonds is 4. The molecule has 0 bridgehead atoms. The molecule has 19 heavy (non-hydrogen) atoms. The monoisotopic (exact) mass is 274 g/mol. The number of thioether (sulfide) groups is 1. The van der Waals surface area contributed by atoms with E-state index in [1.807, 2.05) is 30.3 Å². The van der Waals surface area contributed by atoms with Crippen LogP contribution in [0.4, 0.5) is 0 Å². The summed E-state index contributed by atoms with van der Waals surface area (Å²) in [5.74, 6) is 2.20. The second kappa shape index (κ2) is 5.23. The minimum atomic E-state index is 0.487. The van der Waals surface area contributed by atoms with Crippen LogP contribution in [0.25, 0.3) is 11.5 Å². The average Bonchev–Trinajstić information content (AvgIpc) is 3.06. The van der Waals surface area contributed by atoms with Gasteiger partial charge in [0.25, 0.3) is 5.22 Å². The Labute approximate surface area is 113 Å². The van der Waals surface area contributed by atoms with Crippen molar-refractivity contribution in [3.63, 3.8) is 0 Å². The highest BCUT2D eigenvalue weighted by atomic mass is 32.2. The molecule has 0 saturated carbocycles. The molecule has 0 atom stereocenters. The van der Waals surface area contributed by atoms with E-state index in [-0.39, 0.29) is 0 Å². The first-order chi connectivity index (χ1) is 9.31. The van der Waals surface area contributed by atoms with Gasteiger partial charge >= 0.3 is 0 Å². The first-order valence-corrected chi connectivity index (χ1v) is 6.61. The highest BCUT2D eigenvalue weighted by molar-refractivity contribution is 7.98. The third-order valence-electron chi connectivity index (χ3n) is 2.32. The number of aromatic nitrogens is 4. The van der Waals surface area contributed by atoms with Crippen LogP contribution in [-0.2, 0) is 5.75 Å². The van der Waals surface area contributed by atoms with Gasteiger partial charge in [-0.1, -0.05) is 35.1 Å². The van der Waals surface area contributed by atoms with Crippen LogP contribution in [0.15, 0.2) is 44.5 Å². The summed E-state index contributed by atoms with van der Waals surface area (Å²) in [6, 6.07) is 9.63. The fourth-order valence-electron chi connectivity index (χ4n) is 1.49. The summed E-state index contributed by atoms with van der Waals surface area (Å²) in [7, 11) is 0. The standard InChI is InChI=1S/C12H10N4O2S/c1-8-13-10(16-18-8)7-19-12-15-14-11(17-12)9-5-3-2-4-6-9/h2-6H,7H2,1H3. The van der Waals surface area contributed by atoms with E-state index in [4.69, 9.17) is 8.94 Å². The number of hydrogen-bond acceptors (Lipinski definition) is 7. The number of benzene rings is 1. The fraction of sp³-hybridized carbons (Fsp3) is 0.167. The lowest BCUT2D eigenvalue weighted by Crippen LogP contribution is -1.83. The molecule has 96 valence electrons. The topological polar surface area (TPSA) is 77.8 Å². The molecule has 0 aliphatic rings. The fourth-order valence-corrected chi connectivity index (χ4v) is 2.10. The molecule has 3 aromatic rings. The highest BCUT2D eigenvalue weighted by Crippen LogP contribution is 2.24. The van der Waals surface area contributed by atoms with Gasteiger partial charge in [0.15, 0.2) is 5.82 Å². The van der Waals surface area contributed by atoms with Crippen molar-refractivity contribution in [3.05, 3.63) is 42.0 Å². The molecule has 7 heteroatoms. The van der Waals surface area contributed by atoms with Gasteiger partial charge in [0.2, 0.25) is 11.8 Å². The largest absolute Gasteiger partial charge is 0.411 e. The summed E-state index contributed by atoms with van der Waals surface area (Å²) in [6.45, 7) is 1.75. The smallest absolute Gasteiger partial charge is 0.277 e. The Morgan fingerprint density at radius 3 is 2.74 bits per heavy atom. The molecule has 0 aliphatic carbocycles. The molecule has 0 fully saturated rings. The Kier molecular flexibility index (Phi) is 3.28. The molecule has 0 saturated heterocycles. The van der Waals surface area contributed by atoms with Crippen molar-refractivity contribution in [1.29, 1.82) is 0 Å². The van der Waals surface area contributed by atoms with Crippen molar-refractivity contribution in [2.24, 2.45) is 0 Å². The van der Waals surface area contributed by atoms with Crippen molar-refractivity contribution < 1.29 is 8.94 Å². The van der Waals surface area contributed by atoms with Crippen molar-refractivity contribution in [1.82, 2.24) is 20.3 Å². The van der Waals surface area contributed by atoms with Crippen LogP contribution in [-0.4, -0.2) is 20.3 Å². The van der Waals surface area contributed by atoms with Crippen LogP contribution in [0.5, 0.6) is 0 Å². The summed E-state index contributed by atoms with van der Waals surface area (Å²) in [5, 5.41) is 12.3. The van der Waals surface area contributed by atoms with Gasteiger partial charge in [-0.05, 0) is 12.1 Å². The van der Waals surface area contributed by atoms with E-state index in [9.17, 15) is 0 Å². The lowest BCUT2D eigenvalue weighted by molar-refractivity contribution is 0.389. The van der Waals surface area contributed by atoms with Gasteiger partial charge in [-0.3, -0.25) is 0 Å². The van der Waals surface area contributed by atoms with E-state index >= 15 is 0 Å². The van der Waals surface area contributed by atoms with Crippen LogP contribution in [0.2, 0.25) is 0 Å². The summed E-state index contributed by atoms with van der Waals surface area (Å²) in [4.78, 5) is 4.10. The SMILES string of the molecule is Cc1nc(CSc2nnc(-c3ccccc3)o2)no1. The summed E-state index contributed by atoms with van der Waals surface area (Å²) < 4.78 is 10.4. The zero-order valence-corrected chi connectivity index (χ0v) is 10.9. The molecule has 0 amide bonds. The quantitative estimate of drug-likeness (QED) is 0.677. The Hall–Kier alpha value is -2.15. The molecule has 2 heterocycles. The van der Waals surface area contributed by atoms with E-state index in [2.05, 4.69) is 20.3 Å². The third-order valence-corrected chi connectivity index (χ3v) is 3.14. The minimum absolute atomic E-state index is 0.487. The van der Waals surface area contributed by atoms with Gasteiger partial charge in [0.05, 0.1) is 5.75 Å². The maximum absolute atomic E-state index is 5.55. The molecule has 0 spiro atoms. The van der Waals surface area contributed by atoms with E-state index in [1.165, 1.54) is 11.8 Å². The molecular formula is C12H10N4O2S. The second-order valence-corrected chi connectivity index (χ2v) is 4.68. The predicted octanol–water partition coefficient (Wildman–Crippen LogP) is 2.72. The maximum atomic E-state index is 5.55. The zero-order chi connectivity index (χ0) is 13.1. The molecule has 0 N–H and O–H groups in total. The van der Waals surface area contributed by atoms with Crippen LogP contribution in [0.1, 0.15) is 11.7 Å². The molecular weight excluding hydrogens is 264 g/mol.